The Hall–Kier alpha value is -1.31. The van der Waals surface area contributed by atoms with Gasteiger partial charge < -0.3 is 5.32 Å². The van der Waals surface area contributed by atoms with E-state index < -0.39 is 0 Å². The lowest BCUT2D eigenvalue weighted by molar-refractivity contribution is 0.818. The minimum absolute atomic E-state index is 0.801. The van der Waals surface area contributed by atoms with Crippen molar-refractivity contribution in [3.05, 3.63) is 58.6 Å². The highest BCUT2D eigenvalue weighted by Gasteiger charge is 2.04. The summed E-state index contributed by atoms with van der Waals surface area (Å²) in [6.45, 7) is 3.01. The van der Waals surface area contributed by atoms with Crippen LogP contribution in [0.15, 0.2) is 42.5 Å². The zero-order valence-corrected chi connectivity index (χ0v) is 12.3. The first-order valence-electron chi connectivity index (χ1n) is 6.77. The average Bonchev–Trinajstić information content (AvgIpc) is 2.42. The van der Waals surface area contributed by atoms with Gasteiger partial charge in [-0.1, -0.05) is 61.3 Å². The average molecular weight is 274 g/mol. The van der Waals surface area contributed by atoms with Gasteiger partial charge in [0.2, 0.25) is 0 Å². The lowest BCUT2D eigenvalue weighted by Crippen LogP contribution is -2.05. The highest BCUT2D eigenvalue weighted by molar-refractivity contribution is 6.31. The van der Waals surface area contributed by atoms with E-state index in [1.807, 2.05) is 7.05 Å². The molecule has 0 radical (unpaired) electrons. The number of aryl methyl sites for hydroxylation is 1. The second-order valence-electron chi connectivity index (χ2n) is 4.79. The van der Waals surface area contributed by atoms with E-state index in [4.69, 9.17) is 11.6 Å². The molecule has 0 bridgehead atoms. The fourth-order valence-electron chi connectivity index (χ4n) is 2.26. The van der Waals surface area contributed by atoms with Crippen molar-refractivity contribution in [1.82, 2.24) is 5.32 Å². The van der Waals surface area contributed by atoms with Gasteiger partial charge in [0.1, 0.15) is 0 Å². The van der Waals surface area contributed by atoms with Crippen LogP contribution in [-0.4, -0.2) is 7.05 Å². The molecule has 100 valence electrons. The van der Waals surface area contributed by atoms with Gasteiger partial charge in [-0.2, -0.15) is 0 Å². The van der Waals surface area contributed by atoms with Gasteiger partial charge in [0.25, 0.3) is 0 Å². The summed E-state index contributed by atoms with van der Waals surface area (Å²) in [6, 6.07) is 15.0. The predicted molar refractivity (Wildman–Crippen MR) is 83.6 cm³/mol. The van der Waals surface area contributed by atoms with Gasteiger partial charge in [-0.05, 0) is 41.8 Å². The smallest absolute Gasteiger partial charge is 0.0457 e. The number of rotatable bonds is 5. The summed E-state index contributed by atoms with van der Waals surface area (Å²) >= 11 is 6.32. The largest absolute Gasteiger partial charge is 0.316 e. The maximum atomic E-state index is 6.32. The molecule has 0 heterocycles. The first-order chi connectivity index (χ1) is 9.24. The fourth-order valence-corrected chi connectivity index (χ4v) is 2.50. The van der Waals surface area contributed by atoms with Gasteiger partial charge >= 0.3 is 0 Å². The molecule has 0 aliphatic heterocycles. The Morgan fingerprint density at radius 1 is 1.05 bits per heavy atom. The summed E-state index contributed by atoms with van der Waals surface area (Å²) in [5.74, 6) is 0. The lowest BCUT2D eigenvalue weighted by atomic mass is 10.00. The predicted octanol–water partition coefficient (Wildman–Crippen LogP) is 4.68. The van der Waals surface area contributed by atoms with Gasteiger partial charge in [-0.15, -0.1) is 0 Å². The van der Waals surface area contributed by atoms with Gasteiger partial charge in [-0.25, -0.2) is 0 Å². The Labute approximate surface area is 120 Å². The van der Waals surface area contributed by atoms with Crippen molar-refractivity contribution in [3.63, 3.8) is 0 Å². The van der Waals surface area contributed by atoms with E-state index in [1.165, 1.54) is 23.1 Å². The molecule has 0 amide bonds. The van der Waals surface area contributed by atoms with Crippen LogP contribution < -0.4 is 5.32 Å². The molecule has 0 spiro atoms. The van der Waals surface area contributed by atoms with E-state index in [0.717, 1.165) is 23.6 Å². The third-order valence-corrected chi connectivity index (χ3v) is 3.57. The minimum atomic E-state index is 0.801. The van der Waals surface area contributed by atoms with Crippen LogP contribution in [0.4, 0.5) is 0 Å². The van der Waals surface area contributed by atoms with Crippen LogP contribution in [0.3, 0.4) is 0 Å². The van der Waals surface area contributed by atoms with Gasteiger partial charge in [0.15, 0.2) is 0 Å². The molecule has 0 unspecified atom stereocenters. The van der Waals surface area contributed by atoms with Crippen molar-refractivity contribution in [2.24, 2.45) is 0 Å². The number of hydrogen-bond donors (Lipinski definition) is 1. The molecule has 1 N–H and O–H groups in total. The molecule has 0 fully saturated rings. The maximum absolute atomic E-state index is 6.32. The molecule has 1 nitrogen and oxygen atoms in total. The molecular formula is C17H20ClN. The molecule has 2 heteroatoms. The van der Waals surface area contributed by atoms with Crippen LogP contribution in [0.1, 0.15) is 24.5 Å². The van der Waals surface area contributed by atoms with Crippen LogP contribution in [0.5, 0.6) is 0 Å². The van der Waals surface area contributed by atoms with Crippen LogP contribution in [-0.2, 0) is 13.0 Å². The molecule has 2 aromatic carbocycles. The van der Waals surface area contributed by atoms with Crippen LogP contribution in [0, 0.1) is 0 Å². The number of halogens is 1. The highest BCUT2D eigenvalue weighted by Crippen LogP contribution is 2.26. The molecule has 0 atom stereocenters. The summed E-state index contributed by atoms with van der Waals surface area (Å²) in [6.07, 6.45) is 2.30. The van der Waals surface area contributed by atoms with Crippen molar-refractivity contribution >= 4 is 11.6 Å². The summed E-state index contributed by atoms with van der Waals surface area (Å²) in [4.78, 5) is 0. The van der Waals surface area contributed by atoms with E-state index in [0.29, 0.717) is 0 Å². The van der Waals surface area contributed by atoms with E-state index in [9.17, 15) is 0 Å². The van der Waals surface area contributed by atoms with E-state index in [-0.39, 0.29) is 0 Å². The van der Waals surface area contributed by atoms with Gasteiger partial charge in [0.05, 0.1) is 0 Å². The SMILES string of the molecule is CCCc1cccc(-c2ccc(CNC)c(Cl)c2)c1. The Bertz CT molecular complexity index is 549. The maximum Gasteiger partial charge on any atom is 0.0457 e. The van der Waals surface area contributed by atoms with Crippen LogP contribution >= 0.6 is 11.6 Å². The van der Waals surface area contributed by atoms with E-state index >= 15 is 0 Å². The monoisotopic (exact) mass is 273 g/mol. The second-order valence-corrected chi connectivity index (χ2v) is 5.19. The Morgan fingerprint density at radius 2 is 1.84 bits per heavy atom. The van der Waals surface area contributed by atoms with Crippen molar-refractivity contribution < 1.29 is 0 Å². The second kappa shape index (κ2) is 6.74. The normalized spacial score (nSPS) is 10.7. The topological polar surface area (TPSA) is 12.0 Å². The Kier molecular flexibility index (Phi) is 5.00. The molecule has 0 aromatic heterocycles. The Morgan fingerprint density at radius 3 is 2.53 bits per heavy atom. The summed E-state index contributed by atoms with van der Waals surface area (Å²) in [7, 11) is 1.93. The van der Waals surface area contributed by atoms with E-state index in [1.54, 1.807) is 0 Å². The number of nitrogens with one attached hydrogen (secondary N) is 1. The quantitative estimate of drug-likeness (QED) is 0.834. The third kappa shape index (κ3) is 3.59. The summed E-state index contributed by atoms with van der Waals surface area (Å²) in [5.41, 5.74) is 4.94. The minimum Gasteiger partial charge on any atom is -0.316 e. The molecule has 0 aliphatic rings. The van der Waals surface area contributed by atoms with Crippen LogP contribution in [0.25, 0.3) is 11.1 Å². The number of benzene rings is 2. The number of hydrogen-bond acceptors (Lipinski definition) is 1. The molecule has 0 saturated carbocycles. The third-order valence-electron chi connectivity index (χ3n) is 3.22. The highest BCUT2D eigenvalue weighted by atomic mass is 35.5. The summed E-state index contributed by atoms with van der Waals surface area (Å²) in [5, 5.41) is 3.95. The molecule has 0 aliphatic carbocycles. The molecule has 2 rings (SSSR count). The zero-order chi connectivity index (χ0) is 13.7. The first-order valence-corrected chi connectivity index (χ1v) is 7.14. The van der Waals surface area contributed by atoms with Crippen molar-refractivity contribution in [2.45, 2.75) is 26.3 Å². The van der Waals surface area contributed by atoms with Crippen molar-refractivity contribution in [2.75, 3.05) is 7.05 Å². The summed E-state index contributed by atoms with van der Waals surface area (Å²) < 4.78 is 0. The Balaban J connectivity index is 2.31. The molecule has 19 heavy (non-hydrogen) atoms. The van der Waals surface area contributed by atoms with Gasteiger partial charge in [0, 0.05) is 11.6 Å². The molecular weight excluding hydrogens is 254 g/mol. The lowest BCUT2D eigenvalue weighted by Gasteiger charge is -2.08. The van der Waals surface area contributed by atoms with Crippen molar-refractivity contribution in [1.29, 1.82) is 0 Å². The van der Waals surface area contributed by atoms with Gasteiger partial charge in [-0.3, -0.25) is 0 Å². The van der Waals surface area contributed by atoms with Crippen LogP contribution in [0.2, 0.25) is 5.02 Å². The van der Waals surface area contributed by atoms with Crippen molar-refractivity contribution in [3.8, 4) is 11.1 Å². The first kappa shape index (κ1) is 14.1. The standard InChI is InChI=1S/C17H20ClN/c1-3-5-13-6-4-7-14(10-13)15-8-9-16(12-19-2)17(18)11-15/h4,6-11,19H,3,5,12H2,1-2H3. The molecule has 2 aromatic rings. The fraction of sp³-hybridized carbons (Fsp3) is 0.294. The zero-order valence-electron chi connectivity index (χ0n) is 11.5. The van der Waals surface area contributed by atoms with E-state index in [2.05, 4.69) is 54.7 Å². The molecule has 0 saturated heterocycles.